The van der Waals surface area contributed by atoms with Crippen molar-refractivity contribution in [2.45, 2.75) is 65.6 Å². The summed E-state index contributed by atoms with van der Waals surface area (Å²) in [7, 11) is 3.96. The zero-order valence-electron chi connectivity index (χ0n) is 18.6. The molecule has 0 spiro atoms. The summed E-state index contributed by atoms with van der Waals surface area (Å²) < 4.78 is 5.53. The fourth-order valence-corrected chi connectivity index (χ4v) is 4.86. The van der Waals surface area contributed by atoms with Crippen LogP contribution >= 0.6 is 0 Å². The van der Waals surface area contributed by atoms with Crippen LogP contribution in [-0.2, 0) is 19.5 Å². The van der Waals surface area contributed by atoms with E-state index in [2.05, 4.69) is 49.9 Å². The number of ether oxygens (including phenoxy) is 1. The van der Waals surface area contributed by atoms with Gasteiger partial charge in [0.25, 0.3) is 0 Å². The highest BCUT2D eigenvalue weighted by molar-refractivity contribution is 5.48. The number of methoxy groups -OCH3 is 1. The molecule has 2 aliphatic heterocycles. The number of benzene rings is 1. The number of rotatable bonds is 4. The third-order valence-corrected chi connectivity index (χ3v) is 6.91. The number of likely N-dealkylation sites (tertiary alicyclic amines) is 1. The van der Waals surface area contributed by atoms with E-state index in [1.165, 1.54) is 52.8 Å². The molecule has 1 aromatic carbocycles. The molecule has 1 unspecified atom stereocenters. The van der Waals surface area contributed by atoms with E-state index in [1.54, 1.807) is 7.11 Å². The van der Waals surface area contributed by atoms with Crippen LogP contribution < -0.4 is 4.74 Å². The molecule has 1 atom stereocenters. The first kappa shape index (κ1) is 20.3. The molecule has 0 amide bonds. The van der Waals surface area contributed by atoms with E-state index in [1.807, 2.05) is 0 Å². The lowest BCUT2D eigenvalue weighted by atomic mass is 9.96. The third kappa shape index (κ3) is 4.03. The molecule has 0 bridgehead atoms. The van der Waals surface area contributed by atoms with E-state index < -0.39 is 0 Å². The first-order chi connectivity index (χ1) is 14.0. The van der Waals surface area contributed by atoms with Gasteiger partial charge in [0.1, 0.15) is 11.6 Å². The average molecular weight is 395 g/mol. The van der Waals surface area contributed by atoms with Crippen molar-refractivity contribution in [3.63, 3.8) is 0 Å². The van der Waals surface area contributed by atoms with Crippen LogP contribution in [0.2, 0.25) is 0 Å². The molecule has 5 heteroatoms. The second kappa shape index (κ2) is 8.41. The highest BCUT2D eigenvalue weighted by Crippen LogP contribution is 2.31. The van der Waals surface area contributed by atoms with Crippen LogP contribution in [0.15, 0.2) is 12.3 Å². The minimum Gasteiger partial charge on any atom is -0.496 e. The molecule has 0 N–H and O–H groups in total. The molecule has 1 fully saturated rings. The summed E-state index contributed by atoms with van der Waals surface area (Å²) in [6.45, 7) is 10.7. The van der Waals surface area contributed by atoms with Gasteiger partial charge in [0.2, 0.25) is 0 Å². The standard InChI is InChI=1S/C24H34N4O/c1-16-12-23(29-5)18(3)17(2)20(16)15-28-11-9-21-19(14-28)13-25-24(26-21)22-8-6-7-10-27(22)4/h12-13,22H,6-11,14-15H2,1-5H3. The van der Waals surface area contributed by atoms with Crippen molar-refractivity contribution < 1.29 is 4.74 Å². The summed E-state index contributed by atoms with van der Waals surface area (Å²) in [6.07, 6.45) is 6.84. The molecule has 1 saturated heterocycles. The molecular formula is C24H34N4O. The van der Waals surface area contributed by atoms with E-state index in [4.69, 9.17) is 14.7 Å². The average Bonchev–Trinajstić information content (AvgIpc) is 2.73. The van der Waals surface area contributed by atoms with Gasteiger partial charge in [-0.15, -0.1) is 0 Å². The Labute approximate surface area is 175 Å². The number of hydrogen-bond donors (Lipinski definition) is 0. The molecule has 0 aliphatic carbocycles. The van der Waals surface area contributed by atoms with Gasteiger partial charge in [-0.3, -0.25) is 9.80 Å². The quantitative estimate of drug-likeness (QED) is 0.780. The van der Waals surface area contributed by atoms with Crippen molar-refractivity contribution >= 4 is 0 Å². The van der Waals surface area contributed by atoms with Crippen LogP contribution in [0.1, 0.15) is 64.6 Å². The molecule has 4 rings (SSSR count). The highest BCUT2D eigenvalue weighted by Gasteiger charge is 2.26. The molecule has 156 valence electrons. The molecule has 2 aliphatic rings. The van der Waals surface area contributed by atoms with E-state index >= 15 is 0 Å². The fourth-order valence-electron chi connectivity index (χ4n) is 4.86. The lowest BCUT2D eigenvalue weighted by molar-refractivity contribution is 0.178. The minimum atomic E-state index is 0.389. The number of aryl methyl sites for hydroxylation is 1. The van der Waals surface area contributed by atoms with Crippen molar-refractivity contribution in [2.24, 2.45) is 0 Å². The van der Waals surface area contributed by atoms with Gasteiger partial charge in [0.05, 0.1) is 13.2 Å². The Hall–Kier alpha value is -1.98. The van der Waals surface area contributed by atoms with Crippen molar-refractivity contribution in [1.82, 2.24) is 19.8 Å². The Bertz CT molecular complexity index is 895. The molecule has 29 heavy (non-hydrogen) atoms. The number of nitrogens with zero attached hydrogens (tertiary/aromatic N) is 4. The summed E-state index contributed by atoms with van der Waals surface area (Å²) in [5.74, 6) is 2.01. The van der Waals surface area contributed by atoms with E-state index in [-0.39, 0.29) is 0 Å². The fraction of sp³-hybridized carbons (Fsp3) is 0.583. The zero-order chi connectivity index (χ0) is 20.5. The van der Waals surface area contributed by atoms with Gasteiger partial charge in [0, 0.05) is 43.5 Å². The Morgan fingerprint density at radius 1 is 1.14 bits per heavy atom. The van der Waals surface area contributed by atoms with E-state index in [9.17, 15) is 0 Å². The van der Waals surface area contributed by atoms with Crippen molar-refractivity contribution in [1.29, 1.82) is 0 Å². The summed E-state index contributed by atoms with van der Waals surface area (Å²) in [5, 5.41) is 0. The van der Waals surface area contributed by atoms with Gasteiger partial charge in [-0.1, -0.05) is 6.42 Å². The van der Waals surface area contributed by atoms with Crippen molar-refractivity contribution in [3.8, 4) is 5.75 Å². The van der Waals surface area contributed by atoms with Crippen LogP contribution in [0.4, 0.5) is 0 Å². The number of fused-ring (bicyclic) bond motifs is 1. The molecule has 3 heterocycles. The largest absolute Gasteiger partial charge is 0.496 e. The number of hydrogen-bond acceptors (Lipinski definition) is 5. The van der Waals surface area contributed by atoms with Crippen LogP contribution in [-0.4, -0.2) is 47.0 Å². The minimum absolute atomic E-state index is 0.389. The Kier molecular flexibility index (Phi) is 5.88. The van der Waals surface area contributed by atoms with E-state index in [0.29, 0.717) is 6.04 Å². The van der Waals surface area contributed by atoms with Crippen molar-refractivity contribution in [3.05, 3.63) is 51.6 Å². The molecule has 2 aromatic rings. The van der Waals surface area contributed by atoms with E-state index in [0.717, 1.165) is 44.2 Å². The second-order valence-electron chi connectivity index (χ2n) is 8.78. The maximum absolute atomic E-state index is 5.53. The predicted octanol–water partition coefficient (Wildman–Crippen LogP) is 4.13. The first-order valence-corrected chi connectivity index (χ1v) is 10.9. The Balaban J connectivity index is 1.51. The molecule has 0 radical (unpaired) electrons. The predicted molar refractivity (Wildman–Crippen MR) is 116 cm³/mol. The monoisotopic (exact) mass is 394 g/mol. The summed E-state index contributed by atoms with van der Waals surface area (Å²) in [6, 6.07) is 2.56. The van der Waals surface area contributed by atoms with Crippen LogP contribution in [0.25, 0.3) is 0 Å². The van der Waals surface area contributed by atoms with Crippen LogP contribution in [0.3, 0.4) is 0 Å². The van der Waals surface area contributed by atoms with Gasteiger partial charge >= 0.3 is 0 Å². The number of piperidine rings is 1. The maximum Gasteiger partial charge on any atom is 0.145 e. The molecular weight excluding hydrogens is 360 g/mol. The molecule has 1 aromatic heterocycles. The molecule has 0 saturated carbocycles. The van der Waals surface area contributed by atoms with Gasteiger partial charge in [-0.05, 0) is 75.5 Å². The Morgan fingerprint density at radius 2 is 1.97 bits per heavy atom. The SMILES string of the molecule is COc1cc(C)c(CN2CCc3nc(C4CCCCN4C)ncc3C2)c(C)c1C. The lowest BCUT2D eigenvalue weighted by Gasteiger charge is -2.33. The second-order valence-corrected chi connectivity index (χ2v) is 8.78. The van der Waals surface area contributed by atoms with Crippen LogP contribution in [0, 0.1) is 20.8 Å². The van der Waals surface area contributed by atoms with Gasteiger partial charge in [-0.2, -0.15) is 0 Å². The summed E-state index contributed by atoms with van der Waals surface area (Å²) >= 11 is 0. The summed E-state index contributed by atoms with van der Waals surface area (Å²) in [5.41, 5.74) is 7.87. The zero-order valence-corrected chi connectivity index (χ0v) is 18.6. The topological polar surface area (TPSA) is 41.5 Å². The van der Waals surface area contributed by atoms with Crippen LogP contribution in [0.5, 0.6) is 5.75 Å². The van der Waals surface area contributed by atoms with Gasteiger partial charge in [-0.25, -0.2) is 9.97 Å². The third-order valence-electron chi connectivity index (χ3n) is 6.91. The highest BCUT2D eigenvalue weighted by atomic mass is 16.5. The van der Waals surface area contributed by atoms with Gasteiger partial charge in [0.15, 0.2) is 0 Å². The lowest BCUT2D eigenvalue weighted by Crippen LogP contribution is -2.34. The maximum atomic E-state index is 5.53. The normalized spacial score (nSPS) is 20.5. The Morgan fingerprint density at radius 3 is 2.72 bits per heavy atom. The first-order valence-electron chi connectivity index (χ1n) is 10.9. The summed E-state index contributed by atoms with van der Waals surface area (Å²) in [4.78, 5) is 14.7. The van der Waals surface area contributed by atoms with Crippen molar-refractivity contribution in [2.75, 3.05) is 27.2 Å². The smallest absolute Gasteiger partial charge is 0.145 e. The number of aromatic nitrogens is 2. The van der Waals surface area contributed by atoms with Gasteiger partial charge < -0.3 is 4.74 Å². The molecule has 5 nitrogen and oxygen atoms in total.